The highest BCUT2D eigenvalue weighted by Gasteiger charge is 2.13. The minimum atomic E-state index is -0.855. The fraction of sp³-hybridized carbons (Fsp3) is 0.0952. The van der Waals surface area contributed by atoms with Gasteiger partial charge < -0.3 is 4.74 Å². The molecule has 0 atom stereocenters. The SMILES string of the molecule is COCc1cccc(-c2ccc3ncn(-c4ccc(F)cc4F)c(=O)c3n2)c1. The first-order valence-corrected chi connectivity index (χ1v) is 8.49. The number of aromatic nitrogens is 3. The lowest BCUT2D eigenvalue weighted by Gasteiger charge is -2.09. The van der Waals surface area contributed by atoms with Gasteiger partial charge in [0.2, 0.25) is 0 Å². The van der Waals surface area contributed by atoms with Crippen molar-refractivity contribution in [1.29, 1.82) is 0 Å². The first-order chi connectivity index (χ1) is 13.6. The lowest BCUT2D eigenvalue weighted by molar-refractivity contribution is 0.185. The Kier molecular flexibility index (Phi) is 4.67. The molecule has 0 spiro atoms. The summed E-state index contributed by atoms with van der Waals surface area (Å²) in [7, 11) is 1.61. The van der Waals surface area contributed by atoms with Crippen LogP contribution in [-0.2, 0) is 11.3 Å². The van der Waals surface area contributed by atoms with Crippen LogP contribution in [0.1, 0.15) is 5.56 Å². The summed E-state index contributed by atoms with van der Waals surface area (Å²) in [5.41, 5.74) is 2.24. The van der Waals surface area contributed by atoms with Gasteiger partial charge >= 0.3 is 0 Å². The molecule has 28 heavy (non-hydrogen) atoms. The van der Waals surface area contributed by atoms with E-state index in [4.69, 9.17) is 4.74 Å². The monoisotopic (exact) mass is 379 g/mol. The molecule has 2 aromatic heterocycles. The second-order valence-electron chi connectivity index (χ2n) is 6.21. The fourth-order valence-corrected chi connectivity index (χ4v) is 3.00. The van der Waals surface area contributed by atoms with Gasteiger partial charge in [-0.05, 0) is 35.9 Å². The van der Waals surface area contributed by atoms with Crippen molar-refractivity contribution in [1.82, 2.24) is 14.5 Å². The highest BCUT2D eigenvalue weighted by atomic mass is 19.1. The van der Waals surface area contributed by atoms with Gasteiger partial charge in [0.1, 0.15) is 18.0 Å². The van der Waals surface area contributed by atoms with Gasteiger partial charge in [-0.15, -0.1) is 0 Å². The Balaban J connectivity index is 1.86. The quantitative estimate of drug-likeness (QED) is 0.540. The smallest absolute Gasteiger partial charge is 0.284 e. The van der Waals surface area contributed by atoms with Gasteiger partial charge in [-0.1, -0.05) is 18.2 Å². The van der Waals surface area contributed by atoms with Crippen molar-refractivity contribution < 1.29 is 13.5 Å². The maximum absolute atomic E-state index is 14.1. The van der Waals surface area contributed by atoms with Crippen molar-refractivity contribution in [2.45, 2.75) is 6.61 Å². The van der Waals surface area contributed by atoms with E-state index in [2.05, 4.69) is 9.97 Å². The molecule has 0 fully saturated rings. The normalized spacial score (nSPS) is 11.1. The lowest BCUT2D eigenvalue weighted by Crippen LogP contribution is -2.21. The molecule has 0 saturated heterocycles. The predicted octanol–water partition coefficient (Wildman–Crippen LogP) is 3.87. The van der Waals surface area contributed by atoms with Crippen LogP contribution in [0.3, 0.4) is 0 Å². The molecular formula is C21H15F2N3O2. The topological polar surface area (TPSA) is 57.0 Å². The zero-order chi connectivity index (χ0) is 19.7. The molecule has 5 nitrogen and oxygen atoms in total. The van der Waals surface area contributed by atoms with E-state index < -0.39 is 17.2 Å². The fourth-order valence-electron chi connectivity index (χ4n) is 3.00. The molecule has 0 saturated carbocycles. The van der Waals surface area contributed by atoms with Crippen molar-refractivity contribution in [2.24, 2.45) is 0 Å². The van der Waals surface area contributed by atoms with Crippen LogP contribution in [0.15, 0.2) is 65.7 Å². The first-order valence-electron chi connectivity index (χ1n) is 8.49. The van der Waals surface area contributed by atoms with Crippen LogP contribution in [-0.4, -0.2) is 21.6 Å². The average Bonchev–Trinajstić information content (AvgIpc) is 2.69. The van der Waals surface area contributed by atoms with Crippen LogP contribution < -0.4 is 5.56 Å². The number of fused-ring (bicyclic) bond motifs is 1. The van der Waals surface area contributed by atoms with Crippen molar-refractivity contribution in [3.63, 3.8) is 0 Å². The standard InChI is InChI=1S/C21H15F2N3O2/c1-28-11-13-3-2-4-14(9-13)17-6-7-18-20(25-17)21(27)26(12-24-18)19-8-5-15(22)10-16(19)23/h2-10,12H,11H2,1H3. The van der Waals surface area contributed by atoms with E-state index in [1.54, 1.807) is 19.2 Å². The van der Waals surface area contributed by atoms with Gasteiger partial charge in [0.15, 0.2) is 5.52 Å². The molecule has 0 aliphatic heterocycles. The Bertz CT molecular complexity index is 1240. The van der Waals surface area contributed by atoms with Gasteiger partial charge in [-0.25, -0.2) is 18.7 Å². The predicted molar refractivity (Wildman–Crippen MR) is 101 cm³/mol. The number of halogens is 2. The van der Waals surface area contributed by atoms with Gasteiger partial charge in [-0.2, -0.15) is 0 Å². The molecule has 4 aromatic rings. The molecule has 7 heteroatoms. The number of nitrogens with zero attached hydrogens (tertiary/aromatic N) is 3. The number of methoxy groups -OCH3 is 1. The molecular weight excluding hydrogens is 364 g/mol. The zero-order valence-corrected chi connectivity index (χ0v) is 14.9. The van der Waals surface area contributed by atoms with Gasteiger partial charge in [0, 0.05) is 18.7 Å². The maximum Gasteiger partial charge on any atom is 0.284 e. The summed E-state index contributed by atoms with van der Waals surface area (Å²) in [6, 6.07) is 14.1. The van der Waals surface area contributed by atoms with Crippen LogP contribution in [0.25, 0.3) is 28.0 Å². The molecule has 0 N–H and O–H groups in total. The van der Waals surface area contributed by atoms with Crippen molar-refractivity contribution in [3.05, 3.63) is 88.5 Å². The molecule has 0 bridgehead atoms. The summed E-state index contributed by atoms with van der Waals surface area (Å²) in [5.74, 6) is -1.58. The number of hydrogen-bond acceptors (Lipinski definition) is 4. The average molecular weight is 379 g/mol. The third-order valence-corrected chi connectivity index (χ3v) is 4.31. The third-order valence-electron chi connectivity index (χ3n) is 4.31. The van der Waals surface area contributed by atoms with Crippen LogP contribution in [0, 0.1) is 11.6 Å². The van der Waals surface area contributed by atoms with Gasteiger partial charge in [0.05, 0.1) is 23.5 Å². The Morgan fingerprint density at radius 3 is 2.71 bits per heavy atom. The third kappa shape index (κ3) is 3.27. The second kappa shape index (κ2) is 7.28. The molecule has 0 unspecified atom stereocenters. The first kappa shape index (κ1) is 17.9. The van der Waals surface area contributed by atoms with E-state index in [0.29, 0.717) is 17.8 Å². The Labute approximate surface area is 158 Å². The number of pyridine rings is 1. The number of benzene rings is 2. The summed E-state index contributed by atoms with van der Waals surface area (Å²) in [6.45, 7) is 0.458. The van der Waals surface area contributed by atoms with Crippen molar-refractivity contribution in [2.75, 3.05) is 7.11 Å². The minimum absolute atomic E-state index is 0.0879. The van der Waals surface area contributed by atoms with E-state index in [-0.39, 0.29) is 11.2 Å². The number of hydrogen-bond donors (Lipinski definition) is 0. The molecule has 140 valence electrons. The van der Waals surface area contributed by atoms with Crippen LogP contribution in [0.4, 0.5) is 8.78 Å². The maximum atomic E-state index is 14.1. The van der Waals surface area contributed by atoms with Crippen LogP contribution >= 0.6 is 0 Å². The van der Waals surface area contributed by atoms with E-state index in [0.717, 1.165) is 27.8 Å². The minimum Gasteiger partial charge on any atom is -0.380 e. The molecule has 4 rings (SSSR count). The second-order valence-corrected chi connectivity index (χ2v) is 6.21. The molecule has 2 aromatic carbocycles. The van der Waals surface area contributed by atoms with E-state index in [9.17, 15) is 13.6 Å². The lowest BCUT2D eigenvalue weighted by atomic mass is 10.1. The van der Waals surface area contributed by atoms with Gasteiger partial charge in [0.25, 0.3) is 5.56 Å². The van der Waals surface area contributed by atoms with Crippen LogP contribution in [0.2, 0.25) is 0 Å². The van der Waals surface area contributed by atoms with Crippen molar-refractivity contribution >= 4 is 11.0 Å². The molecule has 0 aliphatic carbocycles. The molecule has 0 radical (unpaired) electrons. The largest absolute Gasteiger partial charge is 0.380 e. The summed E-state index contributed by atoms with van der Waals surface area (Å²) >= 11 is 0. The molecule has 0 amide bonds. The Hall–Kier alpha value is -3.45. The van der Waals surface area contributed by atoms with E-state index >= 15 is 0 Å². The molecule has 2 heterocycles. The summed E-state index contributed by atoms with van der Waals surface area (Å²) in [6.07, 6.45) is 1.21. The summed E-state index contributed by atoms with van der Waals surface area (Å²) in [5, 5.41) is 0. The molecule has 0 aliphatic rings. The number of rotatable bonds is 4. The number of ether oxygens (including phenoxy) is 1. The summed E-state index contributed by atoms with van der Waals surface area (Å²) in [4.78, 5) is 21.5. The Morgan fingerprint density at radius 2 is 1.93 bits per heavy atom. The van der Waals surface area contributed by atoms with Crippen molar-refractivity contribution in [3.8, 4) is 16.9 Å². The van der Waals surface area contributed by atoms with E-state index in [1.807, 2.05) is 24.3 Å². The van der Waals surface area contributed by atoms with Crippen LogP contribution in [0.5, 0.6) is 0 Å². The summed E-state index contributed by atoms with van der Waals surface area (Å²) < 4.78 is 33.5. The van der Waals surface area contributed by atoms with Gasteiger partial charge in [-0.3, -0.25) is 9.36 Å². The van der Waals surface area contributed by atoms with E-state index in [1.165, 1.54) is 12.4 Å². The highest BCUT2D eigenvalue weighted by molar-refractivity contribution is 5.77. The zero-order valence-electron chi connectivity index (χ0n) is 14.9. The Morgan fingerprint density at radius 1 is 1.07 bits per heavy atom. The highest BCUT2D eigenvalue weighted by Crippen LogP contribution is 2.21.